The van der Waals surface area contributed by atoms with Crippen LogP contribution in [0.25, 0.3) is 0 Å². The van der Waals surface area contributed by atoms with Gasteiger partial charge in [0.25, 0.3) is 5.91 Å². The molecular weight excluding hydrogens is 236 g/mol. The molecule has 5 nitrogen and oxygen atoms in total. The molecule has 3 N–H and O–H groups in total. The van der Waals surface area contributed by atoms with Crippen LogP contribution < -0.4 is 11.1 Å². The third-order valence-corrected chi connectivity index (χ3v) is 3.17. The lowest BCUT2D eigenvalue weighted by Gasteiger charge is -2.11. The van der Waals surface area contributed by atoms with Crippen LogP contribution in [0.5, 0.6) is 0 Å². The Morgan fingerprint density at radius 1 is 1.47 bits per heavy atom. The monoisotopic (exact) mass is 248 g/mol. The first kappa shape index (κ1) is 11.5. The van der Waals surface area contributed by atoms with Gasteiger partial charge in [0.1, 0.15) is 10.8 Å². The van der Waals surface area contributed by atoms with Gasteiger partial charge in [-0.15, -0.1) is 11.3 Å². The van der Waals surface area contributed by atoms with Crippen LogP contribution in [0.4, 0.5) is 5.82 Å². The van der Waals surface area contributed by atoms with Crippen molar-refractivity contribution in [3.05, 3.63) is 40.5 Å². The lowest BCUT2D eigenvalue weighted by Crippen LogP contribution is -2.26. The number of pyridine rings is 1. The van der Waals surface area contributed by atoms with Crippen molar-refractivity contribution >= 4 is 23.1 Å². The number of carbonyl (C=O) groups is 1. The molecule has 0 bridgehead atoms. The van der Waals surface area contributed by atoms with Crippen LogP contribution in [0.3, 0.4) is 0 Å². The summed E-state index contributed by atoms with van der Waals surface area (Å²) >= 11 is 1.51. The molecule has 0 saturated heterocycles. The molecule has 2 aromatic heterocycles. The van der Waals surface area contributed by atoms with E-state index in [0.717, 1.165) is 5.01 Å². The molecule has 0 fully saturated rings. The molecule has 88 valence electrons. The molecule has 6 heteroatoms. The van der Waals surface area contributed by atoms with Crippen molar-refractivity contribution in [1.29, 1.82) is 0 Å². The van der Waals surface area contributed by atoms with E-state index in [2.05, 4.69) is 15.3 Å². The fourth-order valence-electron chi connectivity index (χ4n) is 1.38. The van der Waals surface area contributed by atoms with E-state index in [1.165, 1.54) is 17.5 Å². The van der Waals surface area contributed by atoms with Crippen molar-refractivity contribution in [3.8, 4) is 0 Å². The molecule has 0 radical (unpaired) electrons. The molecule has 0 spiro atoms. The summed E-state index contributed by atoms with van der Waals surface area (Å²) in [5, 5.41) is 5.60. The van der Waals surface area contributed by atoms with Crippen LogP contribution in [0.15, 0.2) is 29.9 Å². The Labute approximate surface area is 103 Å². The van der Waals surface area contributed by atoms with Crippen LogP contribution >= 0.6 is 11.3 Å². The highest BCUT2D eigenvalue weighted by Crippen LogP contribution is 2.15. The van der Waals surface area contributed by atoms with Gasteiger partial charge in [-0.2, -0.15) is 0 Å². The zero-order chi connectivity index (χ0) is 12.3. The van der Waals surface area contributed by atoms with Crippen LogP contribution in [0, 0.1) is 0 Å². The molecular formula is C11H12N4OS. The van der Waals surface area contributed by atoms with Crippen molar-refractivity contribution in [2.45, 2.75) is 13.0 Å². The average Bonchev–Trinajstić information content (AvgIpc) is 2.82. The van der Waals surface area contributed by atoms with E-state index in [9.17, 15) is 4.79 Å². The predicted octanol–water partition coefficient (Wildman–Crippen LogP) is 1.61. The number of nitrogens with one attached hydrogen (secondary N) is 1. The van der Waals surface area contributed by atoms with Crippen LogP contribution in [0.1, 0.15) is 28.3 Å². The molecule has 0 aliphatic heterocycles. The van der Waals surface area contributed by atoms with Crippen LogP contribution in [0.2, 0.25) is 0 Å². The standard InChI is InChI=1S/C11H12N4OS/c1-7(11-14-4-5-17-11)15-10(16)8-2-3-13-9(12)6-8/h2-7H,1H3,(H2,12,13)(H,15,16). The average molecular weight is 248 g/mol. The van der Waals surface area contributed by atoms with Gasteiger partial charge in [0.2, 0.25) is 0 Å². The number of aromatic nitrogens is 2. The van der Waals surface area contributed by atoms with E-state index in [1.54, 1.807) is 18.3 Å². The summed E-state index contributed by atoms with van der Waals surface area (Å²) < 4.78 is 0. The van der Waals surface area contributed by atoms with Crippen LogP contribution in [-0.2, 0) is 0 Å². The van der Waals surface area contributed by atoms with Crippen molar-refractivity contribution in [2.75, 3.05) is 5.73 Å². The van der Waals surface area contributed by atoms with E-state index < -0.39 is 0 Å². The lowest BCUT2D eigenvalue weighted by atomic mass is 10.2. The Morgan fingerprint density at radius 3 is 2.94 bits per heavy atom. The highest BCUT2D eigenvalue weighted by Gasteiger charge is 2.13. The lowest BCUT2D eigenvalue weighted by molar-refractivity contribution is 0.0940. The van der Waals surface area contributed by atoms with Gasteiger partial charge in [-0.05, 0) is 19.1 Å². The van der Waals surface area contributed by atoms with Gasteiger partial charge in [0.05, 0.1) is 6.04 Å². The summed E-state index contributed by atoms with van der Waals surface area (Å²) in [5.74, 6) is 0.154. The highest BCUT2D eigenvalue weighted by atomic mass is 32.1. The normalized spacial score (nSPS) is 12.1. The second-order valence-electron chi connectivity index (χ2n) is 3.53. The first-order valence-electron chi connectivity index (χ1n) is 5.08. The number of anilines is 1. The largest absolute Gasteiger partial charge is 0.384 e. The van der Waals surface area contributed by atoms with Crippen molar-refractivity contribution in [2.24, 2.45) is 0 Å². The molecule has 1 atom stereocenters. The van der Waals surface area contributed by atoms with E-state index in [-0.39, 0.29) is 11.9 Å². The summed E-state index contributed by atoms with van der Waals surface area (Å²) in [6.45, 7) is 1.89. The van der Waals surface area contributed by atoms with Gasteiger partial charge < -0.3 is 11.1 Å². The smallest absolute Gasteiger partial charge is 0.252 e. The van der Waals surface area contributed by atoms with Gasteiger partial charge in [-0.1, -0.05) is 0 Å². The third-order valence-electron chi connectivity index (χ3n) is 2.21. The number of amides is 1. The zero-order valence-electron chi connectivity index (χ0n) is 9.25. The Bertz CT molecular complexity index is 512. The Hall–Kier alpha value is -1.95. The van der Waals surface area contributed by atoms with E-state index in [0.29, 0.717) is 11.4 Å². The SMILES string of the molecule is CC(NC(=O)c1ccnc(N)c1)c1nccs1. The summed E-state index contributed by atoms with van der Waals surface area (Å²) in [5.41, 5.74) is 6.02. The Kier molecular flexibility index (Phi) is 3.34. The summed E-state index contributed by atoms with van der Waals surface area (Å²) in [6, 6.07) is 3.06. The minimum absolute atomic E-state index is 0.114. The van der Waals surface area contributed by atoms with E-state index in [1.807, 2.05) is 12.3 Å². The molecule has 1 amide bonds. The Balaban J connectivity index is 2.07. The fourth-order valence-corrected chi connectivity index (χ4v) is 2.03. The van der Waals surface area contributed by atoms with E-state index >= 15 is 0 Å². The second kappa shape index (κ2) is 4.92. The number of hydrogen-bond acceptors (Lipinski definition) is 5. The van der Waals surface area contributed by atoms with Crippen LogP contribution in [-0.4, -0.2) is 15.9 Å². The van der Waals surface area contributed by atoms with Gasteiger partial charge in [0.15, 0.2) is 0 Å². The number of carbonyl (C=O) groups excluding carboxylic acids is 1. The first-order chi connectivity index (χ1) is 8.16. The van der Waals surface area contributed by atoms with Gasteiger partial charge in [-0.3, -0.25) is 4.79 Å². The summed E-state index contributed by atoms with van der Waals surface area (Å²) in [7, 11) is 0. The molecule has 0 aliphatic rings. The maximum Gasteiger partial charge on any atom is 0.252 e. The predicted molar refractivity (Wildman–Crippen MR) is 66.6 cm³/mol. The topological polar surface area (TPSA) is 80.9 Å². The quantitative estimate of drug-likeness (QED) is 0.864. The van der Waals surface area contributed by atoms with Gasteiger partial charge in [0, 0.05) is 23.3 Å². The summed E-state index contributed by atoms with van der Waals surface area (Å²) in [6.07, 6.45) is 3.23. The molecule has 2 aromatic rings. The molecule has 2 heterocycles. The molecule has 1 unspecified atom stereocenters. The molecule has 17 heavy (non-hydrogen) atoms. The summed E-state index contributed by atoms with van der Waals surface area (Å²) in [4.78, 5) is 19.9. The van der Waals surface area contributed by atoms with Crippen molar-refractivity contribution in [3.63, 3.8) is 0 Å². The minimum atomic E-state index is -0.179. The maximum atomic E-state index is 11.9. The zero-order valence-corrected chi connectivity index (χ0v) is 10.1. The van der Waals surface area contributed by atoms with Crippen molar-refractivity contribution < 1.29 is 4.79 Å². The first-order valence-corrected chi connectivity index (χ1v) is 5.96. The third kappa shape index (κ3) is 2.79. The number of hydrogen-bond donors (Lipinski definition) is 2. The van der Waals surface area contributed by atoms with Gasteiger partial charge in [-0.25, -0.2) is 9.97 Å². The van der Waals surface area contributed by atoms with E-state index in [4.69, 9.17) is 5.73 Å². The second-order valence-corrected chi connectivity index (χ2v) is 4.46. The molecule has 0 aromatic carbocycles. The maximum absolute atomic E-state index is 11.9. The number of rotatable bonds is 3. The van der Waals surface area contributed by atoms with Crippen molar-refractivity contribution in [1.82, 2.24) is 15.3 Å². The highest BCUT2D eigenvalue weighted by molar-refractivity contribution is 7.09. The number of nitrogen functional groups attached to an aromatic ring is 1. The number of nitrogens with two attached hydrogens (primary N) is 1. The molecule has 0 aliphatic carbocycles. The van der Waals surface area contributed by atoms with Gasteiger partial charge >= 0.3 is 0 Å². The molecule has 0 saturated carbocycles. The number of nitrogens with zero attached hydrogens (tertiary/aromatic N) is 2. The minimum Gasteiger partial charge on any atom is -0.384 e. The number of thiazole rings is 1. The fraction of sp³-hybridized carbons (Fsp3) is 0.182. The Morgan fingerprint density at radius 2 is 2.29 bits per heavy atom. The molecule has 2 rings (SSSR count).